The molecule has 2 heterocycles. The zero-order valence-electron chi connectivity index (χ0n) is 19.3. The highest BCUT2D eigenvalue weighted by molar-refractivity contribution is 5.90. The van der Waals surface area contributed by atoms with Crippen molar-refractivity contribution in [2.75, 3.05) is 53.6 Å². The van der Waals surface area contributed by atoms with Crippen LogP contribution >= 0.6 is 0 Å². The van der Waals surface area contributed by atoms with Crippen molar-refractivity contribution in [2.24, 2.45) is 0 Å². The summed E-state index contributed by atoms with van der Waals surface area (Å²) in [5, 5.41) is 3.23. The summed E-state index contributed by atoms with van der Waals surface area (Å²) in [5.74, 6) is 0.935. The first-order valence-electron chi connectivity index (χ1n) is 11.2. The maximum absolute atomic E-state index is 11.8. The Morgan fingerprint density at radius 1 is 1.03 bits per heavy atom. The molecule has 0 amide bonds. The molecule has 1 fully saturated rings. The Hall–Kier alpha value is -3.81. The lowest BCUT2D eigenvalue weighted by Crippen LogP contribution is -2.47. The molecule has 8 nitrogen and oxygen atoms in total. The summed E-state index contributed by atoms with van der Waals surface area (Å²) in [4.78, 5) is 25.2. The van der Waals surface area contributed by atoms with E-state index in [9.17, 15) is 4.79 Å². The van der Waals surface area contributed by atoms with E-state index in [-0.39, 0.29) is 5.97 Å². The van der Waals surface area contributed by atoms with Gasteiger partial charge in [0.15, 0.2) is 11.6 Å². The summed E-state index contributed by atoms with van der Waals surface area (Å²) in [6.07, 6.45) is 1.53. The molecule has 1 aliphatic heterocycles. The lowest BCUT2D eigenvalue weighted by atomic mass is 10.1. The van der Waals surface area contributed by atoms with E-state index in [1.54, 1.807) is 31.2 Å². The number of carbonyl (C=O) groups excluding carboxylic acids is 1. The van der Waals surface area contributed by atoms with Gasteiger partial charge in [0, 0.05) is 37.6 Å². The van der Waals surface area contributed by atoms with Crippen LogP contribution in [0.1, 0.15) is 28.4 Å². The molecular formula is C25H30N6O2. The lowest BCUT2D eigenvalue weighted by Gasteiger charge is -2.38. The number of piperazine rings is 1. The third-order valence-electron chi connectivity index (χ3n) is 6.02. The largest absolute Gasteiger partial charge is 0.462 e. The van der Waals surface area contributed by atoms with E-state index in [2.05, 4.69) is 57.1 Å². The highest BCUT2D eigenvalue weighted by Gasteiger charge is 2.22. The Bertz CT molecular complexity index is 1120. The highest BCUT2D eigenvalue weighted by Crippen LogP contribution is 2.30. The monoisotopic (exact) mass is 446 g/mol. The molecule has 0 atom stereocenters. The summed E-state index contributed by atoms with van der Waals surface area (Å²) < 4.78 is 5.03. The van der Waals surface area contributed by atoms with E-state index >= 15 is 0 Å². The quantitative estimate of drug-likeness (QED) is 0.550. The fourth-order valence-electron chi connectivity index (χ4n) is 4.02. The minimum absolute atomic E-state index is 0.340. The van der Waals surface area contributed by atoms with Gasteiger partial charge >= 0.3 is 5.97 Å². The van der Waals surface area contributed by atoms with E-state index < -0.39 is 0 Å². The number of nitrogens with zero attached hydrogens (tertiary/aromatic N) is 4. The van der Waals surface area contributed by atoms with Gasteiger partial charge in [-0.3, -0.25) is 0 Å². The molecule has 0 radical (unpaired) electrons. The van der Waals surface area contributed by atoms with Gasteiger partial charge in [0.2, 0.25) is 0 Å². The van der Waals surface area contributed by atoms with Crippen LogP contribution in [0.3, 0.4) is 0 Å². The average Bonchev–Trinajstić information content (AvgIpc) is 2.83. The van der Waals surface area contributed by atoms with Crippen molar-refractivity contribution in [2.45, 2.75) is 20.8 Å². The van der Waals surface area contributed by atoms with Gasteiger partial charge in [0.05, 0.1) is 12.2 Å². The molecule has 1 aliphatic rings. The topological polar surface area (TPSA) is 96.6 Å². The molecule has 8 heteroatoms. The maximum atomic E-state index is 11.8. The van der Waals surface area contributed by atoms with E-state index in [1.165, 1.54) is 23.1 Å². The average molecular weight is 447 g/mol. The number of nitrogen functional groups attached to an aromatic ring is 1. The number of hydrogen-bond acceptors (Lipinski definition) is 8. The number of nitrogens with one attached hydrogen (secondary N) is 1. The molecule has 0 aliphatic carbocycles. The summed E-state index contributed by atoms with van der Waals surface area (Å²) in [6.45, 7) is 9.89. The summed E-state index contributed by atoms with van der Waals surface area (Å²) >= 11 is 0. The number of carbonyl (C=O) groups is 1. The molecule has 0 spiro atoms. The van der Waals surface area contributed by atoms with Crippen molar-refractivity contribution in [3.05, 3.63) is 65.5 Å². The molecular weight excluding hydrogens is 416 g/mol. The molecule has 0 bridgehead atoms. The molecule has 172 valence electrons. The van der Waals surface area contributed by atoms with Gasteiger partial charge < -0.3 is 25.6 Å². The van der Waals surface area contributed by atoms with Crippen LogP contribution in [0, 0.1) is 13.8 Å². The van der Waals surface area contributed by atoms with Gasteiger partial charge in [-0.15, -0.1) is 0 Å². The van der Waals surface area contributed by atoms with Gasteiger partial charge in [-0.25, -0.2) is 14.8 Å². The van der Waals surface area contributed by atoms with Crippen molar-refractivity contribution in [1.82, 2.24) is 9.97 Å². The molecule has 4 rings (SSSR count). The van der Waals surface area contributed by atoms with Crippen LogP contribution in [0.2, 0.25) is 0 Å². The lowest BCUT2D eigenvalue weighted by molar-refractivity contribution is 0.0526. The van der Waals surface area contributed by atoms with Crippen LogP contribution in [0.4, 0.5) is 28.7 Å². The van der Waals surface area contributed by atoms with Gasteiger partial charge in [0.25, 0.3) is 0 Å². The Kier molecular flexibility index (Phi) is 6.63. The molecule has 3 aromatic rings. The first kappa shape index (κ1) is 22.4. The molecule has 2 aromatic carbocycles. The van der Waals surface area contributed by atoms with Crippen LogP contribution < -0.4 is 20.9 Å². The van der Waals surface area contributed by atoms with Crippen molar-refractivity contribution in [1.29, 1.82) is 0 Å². The first-order valence-corrected chi connectivity index (χ1v) is 11.2. The first-order chi connectivity index (χ1) is 16.0. The van der Waals surface area contributed by atoms with E-state index in [0.29, 0.717) is 23.7 Å². The SMILES string of the molecule is CCOC(=O)c1ccc(Nc2ncnc(N3CCN(c4cccc(C)c4C)CC3)c2N)cc1. The molecule has 1 saturated heterocycles. The summed E-state index contributed by atoms with van der Waals surface area (Å²) in [7, 11) is 0. The number of anilines is 5. The Balaban J connectivity index is 1.44. The third kappa shape index (κ3) is 4.84. The zero-order valence-corrected chi connectivity index (χ0v) is 19.3. The molecule has 1 aromatic heterocycles. The van der Waals surface area contributed by atoms with Crippen molar-refractivity contribution in [3.8, 4) is 0 Å². The highest BCUT2D eigenvalue weighted by atomic mass is 16.5. The fourth-order valence-corrected chi connectivity index (χ4v) is 4.02. The smallest absolute Gasteiger partial charge is 0.338 e. The van der Waals surface area contributed by atoms with Crippen LogP contribution in [0.15, 0.2) is 48.8 Å². The minimum Gasteiger partial charge on any atom is -0.462 e. The fraction of sp³-hybridized carbons (Fsp3) is 0.320. The van der Waals surface area contributed by atoms with Gasteiger partial charge in [-0.2, -0.15) is 0 Å². The number of nitrogens with two attached hydrogens (primary N) is 1. The van der Waals surface area contributed by atoms with Gasteiger partial charge in [-0.1, -0.05) is 12.1 Å². The van der Waals surface area contributed by atoms with Crippen LogP contribution in [-0.2, 0) is 4.74 Å². The number of ether oxygens (including phenoxy) is 1. The Morgan fingerprint density at radius 2 is 1.73 bits per heavy atom. The normalized spacial score (nSPS) is 13.7. The molecule has 0 unspecified atom stereocenters. The van der Waals surface area contributed by atoms with E-state index in [1.807, 2.05) is 0 Å². The number of benzene rings is 2. The predicted octanol–water partition coefficient (Wildman–Crippen LogP) is 3.92. The predicted molar refractivity (Wildman–Crippen MR) is 132 cm³/mol. The van der Waals surface area contributed by atoms with Crippen molar-refractivity contribution < 1.29 is 9.53 Å². The van der Waals surface area contributed by atoms with Crippen LogP contribution in [-0.4, -0.2) is 48.7 Å². The van der Waals surface area contributed by atoms with Crippen LogP contribution in [0.25, 0.3) is 0 Å². The third-order valence-corrected chi connectivity index (χ3v) is 6.02. The second-order valence-corrected chi connectivity index (χ2v) is 8.08. The molecule has 0 saturated carbocycles. The minimum atomic E-state index is -0.340. The number of aryl methyl sites for hydroxylation is 1. The summed E-state index contributed by atoms with van der Waals surface area (Å²) in [5.41, 5.74) is 12.2. The van der Waals surface area contributed by atoms with E-state index in [0.717, 1.165) is 37.7 Å². The van der Waals surface area contributed by atoms with Crippen LogP contribution in [0.5, 0.6) is 0 Å². The van der Waals surface area contributed by atoms with Gasteiger partial charge in [-0.05, 0) is 62.2 Å². The Labute approximate surface area is 194 Å². The Morgan fingerprint density at radius 3 is 2.42 bits per heavy atom. The number of aromatic nitrogens is 2. The zero-order chi connectivity index (χ0) is 23.4. The maximum Gasteiger partial charge on any atom is 0.338 e. The standard InChI is InChI=1S/C25H30N6O2/c1-4-33-25(32)19-8-10-20(11-9-19)29-23-22(26)24(28-16-27-23)31-14-12-30(13-15-31)21-7-5-6-17(2)18(21)3/h5-11,16H,4,12-15,26H2,1-3H3,(H,27,28,29). The second-order valence-electron chi connectivity index (χ2n) is 8.08. The van der Waals surface area contributed by atoms with E-state index in [4.69, 9.17) is 10.5 Å². The van der Waals surface area contributed by atoms with Crippen molar-refractivity contribution in [3.63, 3.8) is 0 Å². The number of hydrogen-bond donors (Lipinski definition) is 2. The van der Waals surface area contributed by atoms with Crippen molar-refractivity contribution >= 4 is 34.7 Å². The number of esters is 1. The second kappa shape index (κ2) is 9.77. The number of rotatable bonds is 6. The van der Waals surface area contributed by atoms with Gasteiger partial charge in [0.1, 0.15) is 12.0 Å². The molecule has 3 N–H and O–H groups in total. The summed E-state index contributed by atoms with van der Waals surface area (Å²) in [6, 6.07) is 13.5. The molecule has 33 heavy (non-hydrogen) atoms.